The van der Waals surface area contributed by atoms with Crippen LogP contribution in [0.1, 0.15) is 13.3 Å². The van der Waals surface area contributed by atoms with Crippen LogP contribution >= 0.6 is 12.4 Å². The van der Waals surface area contributed by atoms with Gasteiger partial charge < -0.3 is 5.11 Å². The summed E-state index contributed by atoms with van der Waals surface area (Å²) in [6.07, 6.45) is 0.473. The summed E-state index contributed by atoms with van der Waals surface area (Å²) in [6, 6.07) is 8.40. The average Bonchev–Trinajstić information content (AvgIpc) is 2.19. The first kappa shape index (κ1) is 13.7. The Morgan fingerprint density at radius 2 is 2.00 bits per heavy atom. The van der Waals surface area contributed by atoms with Gasteiger partial charge in [0.15, 0.2) is 0 Å². The van der Waals surface area contributed by atoms with E-state index < -0.39 is 12.0 Å². The lowest BCUT2D eigenvalue weighted by Gasteiger charge is -2.24. The molecule has 1 atom stereocenters. The van der Waals surface area contributed by atoms with E-state index in [-0.39, 0.29) is 12.4 Å². The first-order chi connectivity index (χ1) is 6.66. The molecular weight excluding hydrogens is 216 g/mol. The number of rotatable bonds is 4. The van der Waals surface area contributed by atoms with Crippen LogP contribution in [0.4, 0.5) is 5.69 Å². The quantitative estimate of drug-likeness (QED) is 0.610. The maximum absolute atomic E-state index is 10.8. The number of nitrogens with two attached hydrogens (primary N) is 1. The molecule has 0 heterocycles. The number of halogens is 1. The minimum absolute atomic E-state index is 0. The number of para-hydroxylation sites is 1. The monoisotopic (exact) mass is 230 g/mol. The topological polar surface area (TPSA) is 66.6 Å². The summed E-state index contributed by atoms with van der Waals surface area (Å²) in [6.45, 7) is 1.79. The second-order valence-corrected chi connectivity index (χ2v) is 3.01. The Kier molecular flexibility index (Phi) is 5.74. The molecule has 84 valence electrons. The number of aliphatic carboxylic acids is 1. The standard InChI is InChI=1S/C10H14N2O2.ClH/c1-2-9(10(13)14)12(11)8-6-4-3-5-7-8;/h3-7,9H,2,11H2,1H3,(H,13,14);1H. The fraction of sp³-hybridized carbons (Fsp3) is 0.300. The van der Waals surface area contributed by atoms with E-state index in [0.717, 1.165) is 0 Å². The summed E-state index contributed by atoms with van der Waals surface area (Å²) in [5.41, 5.74) is 0.710. The Morgan fingerprint density at radius 1 is 1.47 bits per heavy atom. The van der Waals surface area contributed by atoms with Crippen molar-refractivity contribution in [3.05, 3.63) is 30.3 Å². The van der Waals surface area contributed by atoms with Crippen molar-refractivity contribution in [2.45, 2.75) is 19.4 Å². The summed E-state index contributed by atoms with van der Waals surface area (Å²) in [5.74, 6) is 4.80. The number of carboxylic acid groups (broad SMARTS) is 1. The van der Waals surface area contributed by atoms with Crippen LogP contribution in [-0.2, 0) is 4.79 Å². The lowest BCUT2D eigenvalue weighted by molar-refractivity contribution is -0.138. The van der Waals surface area contributed by atoms with Gasteiger partial charge >= 0.3 is 5.97 Å². The van der Waals surface area contributed by atoms with Gasteiger partial charge in [-0.2, -0.15) is 0 Å². The van der Waals surface area contributed by atoms with Gasteiger partial charge in [-0.05, 0) is 18.6 Å². The Labute approximate surface area is 95.1 Å². The predicted molar refractivity (Wildman–Crippen MR) is 62.1 cm³/mol. The smallest absolute Gasteiger partial charge is 0.327 e. The fourth-order valence-electron chi connectivity index (χ4n) is 1.27. The van der Waals surface area contributed by atoms with Gasteiger partial charge in [0, 0.05) is 0 Å². The molecule has 15 heavy (non-hydrogen) atoms. The fourth-order valence-corrected chi connectivity index (χ4v) is 1.27. The molecule has 5 heteroatoms. The van der Waals surface area contributed by atoms with Crippen molar-refractivity contribution in [1.29, 1.82) is 0 Å². The molecule has 3 N–H and O–H groups in total. The van der Waals surface area contributed by atoms with E-state index >= 15 is 0 Å². The SMILES string of the molecule is CCC(C(=O)O)N(N)c1ccccc1.Cl. The molecule has 1 aromatic carbocycles. The van der Waals surface area contributed by atoms with Crippen molar-refractivity contribution in [2.24, 2.45) is 5.84 Å². The number of carbonyl (C=O) groups is 1. The van der Waals surface area contributed by atoms with Crippen LogP contribution in [0.15, 0.2) is 30.3 Å². The minimum atomic E-state index is -0.904. The Balaban J connectivity index is 0.00000196. The molecule has 4 nitrogen and oxygen atoms in total. The molecule has 0 fully saturated rings. The summed E-state index contributed by atoms with van der Waals surface area (Å²) in [5, 5.41) is 10.2. The van der Waals surface area contributed by atoms with Crippen LogP contribution in [0, 0.1) is 0 Å². The molecule has 0 spiro atoms. The number of hydrazine groups is 1. The molecule has 0 aromatic heterocycles. The highest BCUT2D eigenvalue weighted by atomic mass is 35.5. The molecule has 0 saturated carbocycles. The summed E-state index contributed by atoms with van der Waals surface area (Å²) in [4.78, 5) is 10.8. The zero-order chi connectivity index (χ0) is 10.6. The lowest BCUT2D eigenvalue weighted by Crippen LogP contribution is -2.45. The zero-order valence-electron chi connectivity index (χ0n) is 8.46. The molecule has 0 aliphatic rings. The van der Waals surface area contributed by atoms with Gasteiger partial charge in [0.25, 0.3) is 0 Å². The van der Waals surface area contributed by atoms with Gasteiger partial charge in [-0.15, -0.1) is 12.4 Å². The number of anilines is 1. The molecule has 0 aliphatic heterocycles. The molecule has 0 bridgehead atoms. The van der Waals surface area contributed by atoms with Crippen molar-refractivity contribution in [2.75, 3.05) is 5.01 Å². The third-order valence-electron chi connectivity index (χ3n) is 2.06. The van der Waals surface area contributed by atoms with Gasteiger partial charge in [0.1, 0.15) is 6.04 Å². The van der Waals surface area contributed by atoms with Gasteiger partial charge in [-0.1, -0.05) is 25.1 Å². The number of hydrogen-bond donors (Lipinski definition) is 2. The summed E-state index contributed by atoms with van der Waals surface area (Å²) in [7, 11) is 0. The van der Waals surface area contributed by atoms with Crippen molar-refractivity contribution in [3.63, 3.8) is 0 Å². The number of carboxylic acids is 1. The van der Waals surface area contributed by atoms with E-state index in [1.165, 1.54) is 5.01 Å². The van der Waals surface area contributed by atoms with Crippen LogP contribution < -0.4 is 10.9 Å². The number of nitrogens with zero attached hydrogens (tertiary/aromatic N) is 1. The largest absolute Gasteiger partial charge is 0.480 e. The van der Waals surface area contributed by atoms with Crippen molar-refractivity contribution < 1.29 is 9.90 Å². The second-order valence-electron chi connectivity index (χ2n) is 3.01. The van der Waals surface area contributed by atoms with Gasteiger partial charge in [-0.3, -0.25) is 5.01 Å². The van der Waals surface area contributed by atoms with Crippen LogP contribution in [-0.4, -0.2) is 17.1 Å². The maximum atomic E-state index is 10.8. The molecule has 1 aromatic rings. The van der Waals surface area contributed by atoms with Crippen LogP contribution in [0.25, 0.3) is 0 Å². The normalized spacial score (nSPS) is 11.3. The third-order valence-corrected chi connectivity index (χ3v) is 2.06. The second kappa shape index (κ2) is 6.27. The molecule has 0 radical (unpaired) electrons. The van der Waals surface area contributed by atoms with Crippen molar-refractivity contribution >= 4 is 24.1 Å². The van der Waals surface area contributed by atoms with Gasteiger partial charge in [0.05, 0.1) is 5.69 Å². The van der Waals surface area contributed by atoms with E-state index in [0.29, 0.717) is 12.1 Å². The van der Waals surface area contributed by atoms with Gasteiger partial charge in [0.2, 0.25) is 0 Å². The molecule has 1 rings (SSSR count). The minimum Gasteiger partial charge on any atom is -0.480 e. The molecule has 1 unspecified atom stereocenters. The highest BCUT2D eigenvalue weighted by Gasteiger charge is 2.21. The summed E-state index contributed by atoms with van der Waals surface area (Å²) >= 11 is 0. The first-order valence-electron chi connectivity index (χ1n) is 4.48. The average molecular weight is 231 g/mol. The van der Waals surface area contributed by atoms with Gasteiger partial charge in [-0.25, -0.2) is 10.6 Å². The lowest BCUT2D eigenvalue weighted by atomic mass is 10.2. The van der Waals surface area contributed by atoms with Crippen LogP contribution in [0.3, 0.4) is 0 Å². The van der Waals surface area contributed by atoms with E-state index in [1.807, 2.05) is 18.2 Å². The molecule has 0 aliphatic carbocycles. The number of benzene rings is 1. The van der Waals surface area contributed by atoms with E-state index in [9.17, 15) is 4.79 Å². The van der Waals surface area contributed by atoms with E-state index in [4.69, 9.17) is 10.9 Å². The Bertz CT molecular complexity index is 306. The Hall–Kier alpha value is -1.26. The highest BCUT2D eigenvalue weighted by molar-refractivity contribution is 5.85. The zero-order valence-corrected chi connectivity index (χ0v) is 9.28. The molecule has 0 saturated heterocycles. The van der Waals surface area contributed by atoms with Crippen molar-refractivity contribution in [3.8, 4) is 0 Å². The van der Waals surface area contributed by atoms with E-state index in [1.54, 1.807) is 19.1 Å². The van der Waals surface area contributed by atoms with E-state index in [2.05, 4.69) is 0 Å². The number of hydrogen-bond acceptors (Lipinski definition) is 3. The summed E-state index contributed by atoms with van der Waals surface area (Å²) < 4.78 is 0. The third kappa shape index (κ3) is 3.42. The molecular formula is C10H15ClN2O2. The van der Waals surface area contributed by atoms with Crippen molar-refractivity contribution in [1.82, 2.24) is 0 Å². The predicted octanol–water partition coefficient (Wildman–Crippen LogP) is 1.65. The Morgan fingerprint density at radius 3 is 2.40 bits per heavy atom. The first-order valence-corrected chi connectivity index (χ1v) is 4.48. The maximum Gasteiger partial charge on any atom is 0.327 e. The molecule has 0 amide bonds. The van der Waals surface area contributed by atoms with Crippen LogP contribution in [0.5, 0.6) is 0 Å². The van der Waals surface area contributed by atoms with Crippen LogP contribution in [0.2, 0.25) is 0 Å². The highest BCUT2D eigenvalue weighted by Crippen LogP contribution is 2.13.